The van der Waals surface area contributed by atoms with Gasteiger partial charge in [-0.2, -0.15) is 0 Å². The number of amides is 1. The van der Waals surface area contributed by atoms with Crippen LogP contribution in [-0.2, 0) is 11.3 Å². The normalized spacial score (nSPS) is 19.7. The second kappa shape index (κ2) is 5.07. The highest BCUT2D eigenvalue weighted by Crippen LogP contribution is 2.36. The van der Waals surface area contributed by atoms with Crippen molar-refractivity contribution in [3.63, 3.8) is 0 Å². The van der Waals surface area contributed by atoms with Gasteiger partial charge in [0.1, 0.15) is 0 Å². The number of alkyl halides is 2. The standard InChI is InChI=1S/C14H16BF2NO3/c1-14(5-12(16)17)7-18(8-14)13(19)9-2-3-10-6-21-15(20)11(10)4-9/h2-4,12,20H,5-8H2,1H3. The van der Waals surface area contributed by atoms with Crippen LogP contribution in [0, 0.1) is 5.41 Å². The van der Waals surface area contributed by atoms with Gasteiger partial charge in [-0.05, 0) is 23.2 Å². The molecule has 1 amide bonds. The fourth-order valence-corrected chi connectivity index (χ4v) is 3.05. The molecule has 0 aromatic heterocycles. The number of nitrogens with zero attached hydrogens (tertiary/aromatic N) is 1. The number of carbonyl (C=O) groups excluding carboxylic acids is 1. The Bertz CT molecular complexity index is 575. The molecule has 3 rings (SSSR count). The summed E-state index contributed by atoms with van der Waals surface area (Å²) in [4.78, 5) is 13.9. The summed E-state index contributed by atoms with van der Waals surface area (Å²) in [5.74, 6) is -0.191. The first kappa shape index (κ1) is 14.5. The molecule has 0 aliphatic carbocycles. The van der Waals surface area contributed by atoms with Gasteiger partial charge in [-0.25, -0.2) is 8.78 Å². The molecule has 1 N–H and O–H groups in total. The van der Waals surface area contributed by atoms with Crippen molar-refractivity contribution in [3.8, 4) is 0 Å². The van der Waals surface area contributed by atoms with E-state index in [4.69, 9.17) is 4.65 Å². The van der Waals surface area contributed by atoms with Crippen molar-refractivity contribution in [2.75, 3.05) is 13.1 Å². The van der Waals surface area contributed by atoms with Crippen molar-refractivity contribution in [3.05, 3.63) is 29.3 Å². The van der Waals surface area contributed by atoms with E-state index >= 15 is 0 Å². The quantitative estimate of drug-likeness (QED) is 0.847. The van der Waals surface area contributed by atoms with Crippen LogP contribution in [0.25, 0.3) is 0 Å². The van der Waals surface area contributed by atoms with Crippen molar-refractivity contribution < 1.29 is 23.3 Å². The first-order valence-corrected chi connectivity index (χ1v) is 6.88. The molecule has 0 atom stereocenters. The molecule has 1 aromatic carbocycles. The number of fused-ring (bicyclic) bond motifs is 1. The van der Waals surface area contributed by atoms with Crippen molar-refractivity contribution in [1.82, 2.24) is 4.90 Å². The number of rotatable bonds is 3. The van der Waals surface area contributed by atoms with E-state index in [1.807, 2.05) is 0 Å². The Morgan fingerprint density at radius 1 is 1.52 bits per heavy atom. The van der Waals surface area contributed by atoms with E-state index in [0.29, 0.717) is 30.7 Å². The average molecular weight is 295 g/mol. The van der Waals surface area contributed by atoms with Gasteiger partial charge in [0.25, 0.3) is 5.91 Å². The van der Waals surface area contributed by atoms with Gasteiger partial charge in [0.05, 0.1) is 6.61 Å². The topological polar surface area (TPSA) is 49.8 Å². The third-order valence-electron chi connectivity index (χ3n) is 4.14. The lowest BCUT2D eigenvalue weighted by Crippen LogP contribution is -2.57. The average Bonchev–Trinajstić information content (AvgIpc) is 2.75. The van der Waals surface area contributed by atoms with Crippen molar-refractivity contribution >= 4 is 18.5 Å². The Morgan fingerprint density at radius 2 is 2.24 bits per heavy atom. The van der Waals surface area contributed by atoms with E-state index in [9.17, 15) is 18.6 Å². The summed E-state index contributed by atoms with van der Waals surface area (Å²) in [6, 6.07) is 5.07. The van der Waals surface area contributed by atoms with Crippen molar-refractivity contribution in [2.24, 2.45) is 5.41 Å². The SMILES string of the molecule is CC1(CC(F)F)CN(C(=O)c2ccc3c(c2)B(O)OC3)C1. The van der Waals surface area contributed by atoms with Crippen LogP contribution in [0.3, 0.4) is 0 Å². The fraction of sp³-hybridized carbons (Fsp3) is 0.500. The van der Waals surface area contributed by atoms with Crippen LogP contribution >= 0.6 is 0 Å². The maximum Gasteiger partial charge on any atom is 0.491 e. The zero-order valence-electron chi connectivity index (χ0n) is 11.7. The van der Waals surface area contributed by atoms with Crippen LogP contribution in [0.15, 0.2) is 18.2 Å². The molecule has 112 valence electrons. The highest BCUT2D eigenvalue weighted by atomic mass is 19.3. The summed E-state index contributed by atoms with van der Waals surface area (Å²) in [7, 11) is -0.992. The Labute approximate surface area is 121 Å². The maximum absolute atomic E-state index is 12.5. The van der Waals surface area contributed by atoms with Gasteiger partial charge in [0, 0.05) is 30.5 Å². The monoisotopic (exact) mass is 295 g/mol. The number of hydrogen-bond acceptors (Lipinski definition) is 3. The maximum atomic E-state index is 12.5. The molecule has 1 aromatic rings. The third kappa shape index (κ3) is 2.67. The van der Waals surface area contributed by atoms with E-state index in [2.05, 4.69) is 0 Å². The second-order valence-electron chi connectivity index (χ2n) is 6.14. The Hall–Kier alpha value is -1.47. The molecule has 2 aliphatic heterocycles. The molecule has 0 spiro atoms. The first-order valence-electron chi connectivity index (χ1n) is 6.88. The van der Waals surface area contributed by atoms with Crippen LogP contribution in [0.5, 0.6) is 0 Å². The number of carbonyl (C=O) groups is 1. The summed E-state index contributed by atoms with van der Waals surface area (Å²) in [5, 5.41) is 9.65. The summed E-state index contributed by atoms with van der Waals surface area (Å²) in [6.45, 7) is 2.78. The Balaban J connectivity index is 1.69. The molecule has 1 saturated heterocycles. The number of benzene rings is 1. The molecule has 21 heavy (non-hydrogen) atoms. The predicted molar refractivity (Wildman–Crippen MR) is 73.5 cm³/mol. The number of hydrogen-bond donors (Lipinski definition) is 1. The first-order chi connectivity index (χ1) is 9.88. The van der Waals surface area contributed by atoms with Gasteiger partial charge in [-0.1, -0.05) is 13.0 Å². The fourth-order valence-electron chi connectivity index (χ4n) is 3.05. The van der Waals surface area contributed by atoms with Crippen molar-refractivity contribution in [2.45, 2.75) is 26.4 Å². The largest absolute Gasteiger partial charge is 0.491 e. The van der Waals surface area contributed by atoms with Gasteiger partial charge in [0.2, 0.25) is 6.43 Å². The molecule has 0 bridgehead atoms. The summed E-state index contributed by atoms with van der Waals surface area (Å²) in [5.41, 5.74) is 1.43. The second-order valence-corrected chi connectivity index (χ2v) is 6.14. The molecule has 1 fully saturated rings. The number of likely N-dealkylation sites (tertiary alicyclic amines) is 1. The van der Waals surface area contributed by atoms with Crippen LogP contribution in [-0.4, -0.2) is 42.5 Å². The summed E-state index contributed by atoms with van der Waals surface area (Å²) in [6.07, 6.45) is -2.53. The van der Waals surface area contributed by atoms with Gasteiger partial charge in [0.15, 0.2) is 0 Å². The molecular formula is C14H16BF2NO3. The molecule has 2 aliphatic rings. The smallest absolute Gasteiger partial charge is 0.423 e. The zero-order chi connectivity index (χ0) is 15.2. The lowest BCUT2D eigenvalue weighted by molar-refractivity contribution is -0.0219. The van der Waals surface area contributed by atoms with Crippen LogP contribution in [0.2, 0.25) is 0 Å². The van der Waals surface area contributed by atoms with Crippen LogP contribution in [0.1, 0.15) is 29.3 Å². The van der Waals surface area contributed by atoms with Gasteiger partial charge in [-0.15, -0.1) is 0 Å². The van der Waals surface area contributed by atoms with E-state index in [1.54, 1.807) is 30.0 Å². The van der Waals surface area contributed by atoms with Gasteiger partial charge in [-0.3, -0.25) is 4.79 Å². The molecular weight excluding hydrogens is 279 g/mol. The van der Waals surface area contributed by atoms with Crippen LogP contribution in [0.4, 0.5) is 8.78 Å². The van der Waals surface area contributed by atoms with Crippen LogP contribution < -0.4 is 5.46 Å². The molecule has 0 unspecified atom stereocenters. The van der Waals surface area contributed by atoms with E-state index in [-0.39, 0.29) is 12.3 Å². The molecule has 7 heteroatoms. The molecule has 2 heterocycles. The Kier molecular flexibility index (Phi) is 3.49. The lowest BCUT2D eigenvalue weighted by atomic mass is 9.77. The number of halogens is 2. The third-order valence-corrected chi connectivity index (χ3v) is 4.14. The molecule has 0 radical (unpaired) electrons. The summed E-state index contributed by atoms with van der Waals surface area (Å²) < 4.78 is 30.0. The predicted octanol–water partition coefficient (Wildman–Crippen LogP) is 1.02. The van der Waals surface area contributed by atoms with Crippen molar-refractivity contribution in [1.29, 1.82) is 0 Å². The van der Waals surface area contributed by atoms with Gasteiger partial charge >= 0.3 is 7.12 Å². The zero-order valence-corrected chi connectivity index (χ0v) is 11.7. The highest BCUT2D eigenvalue weighted by Gasteiger charge is 2.43. The van der Waals surface area contributed by atoms with E-state index < -0.39 is 19.0 Å². The van der Waals surface area contributed by atoms with Gasteiger partial charge < -0.3 is 14.6 Å². The lowest BCUT2D eigenvalue weighted by Gasteiger charge is -2.48. The van der Waals surface area contributed by atoms with E-state index in [1.165, 1.54) is 0 Å². The highest BCUT2D eigenvalue weighted by molar-refractivity contribution is 6.61. The van der Waals surface area contributed by atoms with E-state index in [0.717, 1.165) is 5.56 Å². The summed E-state index contributed by atoms with van der Waals surface area (Å²) >= 11 is 0. The molecule has 0 saturated carbocycles. The Morgan fingerprint density at radius 3 is 2.90 bits per heavy atom. The minimum atomic E-state index is -2.35. The molecule has 4 nitrogen and oxygen atoms in total. The minimum absolute atomic E-state index is 0.187. The minimum Gasteiger partial charge on any atom is -0.423 e.